The van der Waals surface area contributed by atoms with Crippen molar-refractivity contribution in [2.24, 2.45) is 0 Å². The van der Waals surface area contributed by atoms with Crippen LogP contribution in [0.2, 0.25) is 0 Å². The Hall–Kier alpha value is -3.46. The van der Waals surface area contributed by atoms with Gasteiger partial charge in [0.25, 0.3) is 10.0 Å². The number of sulfonamides is 1. The molecule has 6 nitrogen and oxygen atoms in total. The molecule has 9 heteroatoms. The van der Waals surface area contributed by atoms with Gasteiger partial charge in [0, 0.05) is 6.07 Å². The van der Waals surface area contributed by atoms with E-state index < -0.39 is 34.1 Å². The molecule has 0 atom stereocenters. The van der Waals surface area contributed by atoms with Gasteiger partial charge in [-0.2, -0.15) is 0 Å². The lowest BCUT2D eigenvalue weighted by molar-refractivity contribution is -0.114. The highest BCUT2D eigenvalue weighted by molar-refractivity contribution is 7.92. The SMILES string of the molecule is COc1ccc(C)cc1N(CC(=O)Nc1ccc(F)cc1F)S(=O)(=O)c1ccc(C)cc1. The van der Waals surface area contributed by atoms with Gasteiger partial charge in [-0.3, -0.25) is 9.10 Å². The van der Waals surface area contributed by atoms with Crippen LogP contribution < -0.4 is 14.4 Å². The minimum atomic E-state index is -4.19. The summed E-state index contributed by atoms with van der Waals surface area (Å²) in [6, 6.07) is 13.8. The summed E-state index contributed by atoms with van der Waals surface area (Å²) in [6.07, 6.45) is 0. The molecule has 0 aliphatic rings. The molecule has 0 saturated carbocycles. The predicted molar refractivity (Wildman–Crippen MR) is 118 cm³/mol. The maximum atomic E-state index is 14.0. The number of anilines is 2. The number of nitrogens with one attached hydrogen (secondary N) is 1. The average Bonchev–Trinajstić information content (AvgIpc) is 2.74. The fraction of sp³-hybridized carbons (Fsp3) is 0.174. The molecule has 0 aromatic heterocycles. The molecule has 1 N–H and O–H groups in total. The van der Waals surface area contributed by atoms with E-state index in [2.05, 4.69) is 5.32 Å². The summed E-state index contributed by atoms with van der Waals surface area (Å²) in [7, 11) is -2.80. The molecule has 0 heterocycles. The number of benzene rings is 3. The molecule has 3 rings (SSSR count). The van der Waals surface area contributed by atoms with Crippen LogP contribution in [-0.4, -0.2) is 28.0 Å². The third-order valence-corrected chi connectivity index (χ3v) is 6.48. The zero-order valence-corrected chi connectivity index (χ0v) is 18.5. The van der Waals surface area contributed by atoms with E-state index in [9.17, 15) is 22.0 Å². The van der Waals surface area contributed by atoms with E-state index in [0.29, 0.717) is 6.07 Å². The van der Waals surface area contributed by atoms with E-state index in [-0.39, 0.29) is 22.0 Å². The van der Waals surface area contributed by atoms with E-state index >= 15 is 0 Å². The number of amides is 1. The number of nitrogens with zero attached hydrogens (tertiary/aromatic N) is 1. The standard InChI is InChI=1S/C23H22F2N2O4S/c1-15-4-8-18(9-5-15)32(29,30)27(21-12-16(2)6-11-22(21)31-3)14-23(28)26-20-10-7-17(24)13-19(20)25/h4-13H,14H2,1-3H3,(H,26,28). The molecule has 0 radical (unpaired) electrons. The van der Waals surface area contributed by atoms with Gasteiger partial charge in [-0.15, -0.1) is 0 Å². The van der Waals surface area contributed by atoms with Gasteiger partial charge in [-0.05, 0) is 55.8 Å². The van der Waals surface area contributed by atoms with Gasteiger partial charge >= 0.3 is 0 Å². The van der Waals surface area contributed by atoms with Gasteiger partial charge < -0.3 is 10.1 Å². The summed E-state index contributed by atoms with van der Waals surface area (Å²) >= 11 is 0. The summed E-state index contributed by atoms with van der Waals surface area (Å²) in [4.78, 5) is 12.7. The van der Waals surface area contributed by atoms with E-state index in [1.54, 1.807) is 37.3 Å². The summed E-state index contributed by atoms with van der Waals surface area (Å²) in [5.74, 6) is -2.34. The zero-order chi connectivity index (χ0) is 23.5. The monoisotopic (exact) mass is 460 g/mol. The number of halogens is 2. The number of carbonyl (C=O) groups is 1. The van der Waals surface area contributed by atoms with Crippen molar-refractivity contribution < 1.29 is 26.7 Å². The lowest BCUT2D eigenvalue weighted by Crippen LogP contribution is -2.38. The number of carbonyl (C=O) groups excluding carboxylic acids is 1. The maximum Gasteiger partial charge on any atom is 0.264 e. The lowest BCUT2D eigenvalue weighted by Gasteiger charge is -2.26. The van der Waals surface area contributed by atoms with Gasteiger partial charge in [-0.1, -0.05) is 23.8 Å². The largest absolute Gasteiger partial charge is 0.495 e. The van der Waals surface area contributed by atoms with Gasteiger partial charge in [0.15, 0.2) is 0 Å². The molecule has 0 saturated heterocycles. The minimum absolute atomic E-state index is 0.0209. The zero-order valence-electron chi connectivity index (χ0n) is 17.7. The lowest BCUT2D eigenvalue weighted by atomic mass is 10.2. The number of aryl methyl sites for hydroxylation is 2. The molecule has 0 fully saturated rings. The fourth-order valence-electron chi connectivity index (χ4n) is 3.04. The van der Waals surface area contributed by atoms with Crippen LogP contribution in [0, 0.1) is 25.5 Å². The van der Waals surface area contributed by atoms with Crippen molar-refractivity contribution in [3.8, 4) is 5.75 Å². The Morgan fingerprint density at radius 3 is 2.25 bits per heavy atom. The molecule has 3 aromatic rings. The Kier molecular flexibility index (Phi) is 6.78. The van der Waals surface area contributed by atoms with Crippen LogP contribution in [0.5, 0.6) is 5.75 Å². The molecule has 3 aromatic carbocycles. The predicted octanol–water partition coefficient (Wildman–Crippen LogP) is 4.42. The highest BCUT2D eigenvalue weighted by atomic mass is 32.2. The maximum absolute atomic E-state index is 14.0. The smallest absolute Gasteiger partial charge is 0.264 e. The molecule has 0 aliphatic carbocycles. The Bertz CT molecular complexity index is 1250. The molecule has 32 heavy (non-hydrogen) atoms. The van der Waals surface area contributed by atoms with Crippen molar-refractivity contribution in [2.75, 3.05) is 23.3 Å². The number of methoxy groups -OCH3 is 1. The fourth-order valence-corrected chi connectivity index (χ4v) is 4.47. The van der Waals surface area contributed by atoms with Gasteiger partial charge in [0.2, 0.25) is 5.91 Å². The molecular weight excluding hydrogens is 438 g/mol. The second-order valence-electron chi connectivity index (χ2n) is 7.17. The van der Waals surface area contributed by atoms with Crippen LogP contribution in [-0.2, 0) is 14.8 Å². The van der Waals surface area contributed by atoms with Crippen LogP contribution in [0.4, 0.5) is 20.2 Å². The highest BCUT2D eigenvalue weighted by Crippen LogP contribution is 2.33. The molecule has 168 valence electrons. The quantitative estimate of drug-likeness (QED) is 0.566. The third-order valence-electron chi connectivity index (χ3n) is 4.70. The molecule has 1 amide bonds. The van der Waals surface area contributed by atoms with E-state index in [0.717, 1.165) is 27.6 Å². The molecular formula is C23H22F2N2O4S. The molecule has 0 bridgehead atoms. The normalized spacial score (nSPS) is 11.2. The second-order valence-corrected chi connectivity index (χ2v) is 9.03. The average molecular weight is 461 g/mol. The Morgan fingerprint density at radius 2 is 1.62 bits per heavy atom. The van der Waals surface area contributed by atoms with Gasteiger partial charge in [-0.25, -0.2) is 17.2 Å². The summed E-state index contributed by atoms with van der Waals surface area (Å²) in [5.41, 5.74) is 1.51. The van der Waals surface area contributed by atoms with Crippen molar-refractivity contribution in [2.45, 2.75) is 18.7 Å². The second kappa shape index (κ2) is 9.35. The Balaban J connectivity index is 2.03. The molecule has 0 spiro atoms. The van der Waals surface area contributed by atoms with Crippen molar-refractivity contribution in [3.63, 3.8) is 0 Å². The Labute approximate surface area is 185 Å². The first-order valence-corrected chi connectivity index (χ1v) is 11.0. The van der Waals surface area contributed by atoms with Crippen LogP contribution in [0.1, 0.15) is 11.1 Å². The molecule has 0 aliphatic heterocycles. The first-order chi connectivity index (χ1) is 15.1. The van der Waals surface area contributed by atoms with E-state index in [1.165, 1.54) is 19.2 Å². The number of rotatable bonds is 7. The summed E-state index contributed by atoms with van der Waals surface area (Å²) < 4.78 is 60.3. The van der Waals surface area contributed by atoms with Crippen LogP contribution >= 0.6 is 0 Å². The number of ether oxygens (including phenoxy) is 1. The van der Waals surface area contributed by atoms with Crippen LogP contribution in [0.25, 0.3) is 0 Å². The summed E-state index contributed by atoms with van der Waals surface area (Å²) in [6.45, 7) is 2.93. The minimum Gasteiger partial charge on any atom is -0.495 e. The van der Waals surface area contributed by atoms with Crippen LogP contribution in [0.15, 0.2) is 65.6 Å². The number of hydrogen-bond acceptors (Lipinski definition) is 4. The topological polar surface area (TPSA) is 75.7 Å². The van der Waals surface area contributed by atoms with E-state index in [4.69, 9.17) is 4.74 Å². The highest BCUT2D eigenvalue weighted by Gasteiger charge is 2.30. The first-order valence-electron chi connectivity index (χ1n) is 9.61. The van der Waals surface area contributed by atoms with Crippen molar-refractivity contribution in [1.82, 2.24) is 0 Å². The number of hydrogen-bond donors (Lipinski definition) is 1. The van der Waals surface area contributed by atoms with Crippen molar-refractivity contribution in [1.29, 1.82) is 0 Å². The van der Waals surface area contributed by atoms with Crippen LogP contribution in [0.3, 0.4) is 0 Å². The third kappa shape index (κ3) is 5.05. The molecule has 0 unspecified atom stereocenters. The van der Waals surface area contributed by atoms with Crippen molar-refractivity contribution >= 4 is 27.3 Å². The van der Waals surface area contributed by atoms with E-state index in [1.807, 2.05) is 6.92 Å². The first kappa shape index (κ1) is 23.2. The Morgan fingerprint density at radius 1 is 0.969 bits per heavy atom. The van der Waals surface area contributed by atoms with Crippen molar-refractivity contribution in [3.05, 3.63) is 83.4 Å². The van der Waals surface area contributed by atoms with Gasteiger partial charge in [0.05, 0.1) is 23.4 Å². The van der Waals surface area contributed by atoms with Gasteiger partial charge in [0.1, 0.15) is 23.9 Å². The summed E-state index contributed by atoms with van der Waals surface area (Å²) in [5, 5.41) is 2.29.